The minimum Gasteiger partial charge on any atom is -0.310 e. The number of aromatic nitrogens is 1. The number of pyridine rings is 1. The zero-order chi connectivity index (χ0) is 14.8. The van der Waals surface area contributed by atoms with Crippen LogP contribution in [0.2, 0.25) is 0 Å². The number of nitrogens with one attached hydrogen (secondary N) is 1. The number of nitrogens with zero attached hydrogens (tertiary/aromatic N) is 2. The molecule has 0 spiro atoms. The van der Waals surface area contributed by atoms with Crippen molar-refractivity contribution >= 4 is 10.0 Å². The monoisotopic (exact) mass is 297 g/mol. The molecule has 1 saturated heterocycles. The van der Waals surface area contributed by atoms with Crippen LogP contribution in [-0.4, -0.2) is 36.8 Å². The molecule has 2 heterocycles. The molecule has 1 aromatic rings. The van der Waals surface area contributed by atoms with Crippen LogP contribution in [0.3, 0.4) is 0 Å². The van der Waals surface area contributed by atoms with E-state index in [1.165, 1.54) is 4.31 Å². The highest BCUT2D eigenvalue weighted by Gasteiger charge is 2.31. The summed E-state index contributed by atoms with van der Waals surface area (Å²) in [5.74, 6) is 0.430. The van der Waals surface area contributed by atoms with Gasteiger partial charge in [-0.2, -0.15) is 4.31 Å². The lowest BCUT2D eigenvalue weighted by atomic mass is 10.2. The summed E-state index contributed by atoms with van der Waals surface area (Å²) in [6, 6.07) is 3.83. The van der Waals surface area contributed by atoms with Gasteiger partial charge in [0.05, 0.1) is 0 Å². The molecule has 112 valence electrons. The van der Waals surface area contributed by atoms with Gasteiger partial charge in [-0.05, 0) is 24.0 Å². The Morgan fingerprint density at radius 1 is 1.45 bits per heavy atom. The quantitative estimate of drug-likeness (QED) is 0.897. The Kier molecular flexibility index (Phi) is 4.78. The summed E-state index contributed by atoms with van der Waals surface area (Å²) in [6.45, 7) is 8.11. The minimum absolute atomic E-state index is 0.153. The maximum absolute atomic E-state index is 12.4. The molecule has 0 aromatic carbocycles. The topological polar surface area (TPSA) is 62.3 Å². The first-order chi connectivity index (χ1) is 9.39. The van der Waals surface area contributed by atoms with E-state index >= 15 is 0 Å². The third-order valence-electron chi connectivity index (χ3n) is 3.50. The maximum atomic E-state index is 12.4. The second-order valence-corrected chi connectivity index (χ2v) is 7.68. The SMILES string of the molecule is CC1CCN(S(=O)(=O)c2ccc(CNC(C)C)cn2)C1. The number of hydrogen-bond donors (Lipinski definition) is 1. The molecular formula is C14H23N3O2S. The molecule has 0 saturated carbocycles. The summed E-state index contributed by atoms with van der Waals surface area (Å²) in [5, 5.41) is 3.43. The van der Waals surface area contributed by atoms with Gasteiger partial charge < -0.3 is 5.32 Å². The Morgan fingerprint density at radius 3 is 2.70 bits per heavy atom. The molecule has 1 fully saturated rings. The van der Waals surface area contributed by atoms with E-state index in [1.807, 2.05) is 6.07 Å². The largest absolute Gasteiger partial charge is 0.310 e. The minimum atomic E-state index is -3.42. The van der Waals surface area contributed by atoms with Gasteiger partial charge >= 0.3 is 0 Å². The van der Waals surface area contributed by atoms with Crippen LogP contribution in [-0.2, 0) is 16.6 Å². The van der Waals surface area contributed by atoms with E-state index in [0.717, 1.165) is 12.0 Å². The van der Waals surface area contributed by atoms with Gasteiger partial charge in [-0.15, -0.1) is 0 Å². The van der Waals surface area contributed by atoms with Crippen molar-refractivity contribution in [1.29, 1.82) is 0 Å². The van der Waals surface area contributed by atoms with E-state index < -0.39 is 10.0 Å². The molecular weight excluding hydrogens is 274 g/mol. The fraction of sp³-hybridized carbons (Fsp3) is 0.643. The Bertz CT molecular complexity index is 540. The Morgan fingerprint density at radius 2 is 2.20 bits per heavy atom. The van der Waals surface area contributed by atoms with Crippen molar-refractivity contribution in [2.75, 3.05) is 13.1 Å². The fourth-order valence-corrected chi connectivity index (χ4v) is 3.72. The number of rotatable bonds is 5. The van der Waals surface area contributed by atoms with E-state index in [4.69, 9.17) is 0 Å². The first kappa shape index (κ1) is 15.4. The van der Waals surface area contributed by atoms with Crippen molar-refractivity contribution < 1.29 is 8.42 Å². The third-order valence-corrected chi connectivity index (χ3v) is 5.28. The Labute approximate surface area is 121 Å². The smallest absolute Gasteiger partial charge is 0.260 e. The van der Waals surface area contributed by atoms with Gasteiger partial charge in [0.25, 0.3) is 10.0 Å². The average Bonchev–Trinajstić information content (AvgIpc) is 2.84. The van der Waals surface area contributed by atoms with E-state index in [-0.39, 0.29) is 5.03 Å². The molecule has 0 aliphatic carbocycles. The summed E-state index contributed by atoms with van der Waals surface area (Å²) in [7, 11) is -3.42. The van der Waals surface area contributed by atoms with Gasteiger partial charge in [-0.1, -0.05) is 26.8 Å². The molecule has 6 heteroatoms. The van der Waals surface area contributed by atoms with Crippen molar-refractivity contribution in [3.8, 4) is 0 Å². The molecule has 0 radical (unpaired) electrons. The van der Waals surface area contributed by atoms with Crippen LogP contribution in [0.4, 0.5) is 0 Å². The average molecular weight is 297 g/mol. The van der Waals surface area contributed by atoms with Crippen molar-refractivity contribution in [2.45, 2.75) is 44.8 Å². The summed E-state index contributed by atoms with van der Waals surface area (Å²) in [6.07, 6.45) is 2.57. The lowest BCUT2D eigenvalue weighted by molar-refractivity contribution is 0.461. The first-order valence-electron chi connectivity index (χ1n) is 7.08. The molecule has 20 heavy (non-hydrogen) atoms. The lowest BCUT2D eigenvalue weighted by Crippen LogP contribution is -2.29. The summed E-state index contributed by atoms with van der Waals surface area (Å²) in [5.41, 5.74) is 0.993. The molecule has 1 aliphatic rings. The molecule has 0 amide bonds. The summed E-state index contributed by atoms with van der Waals surface area (Å²) < 4.78 is 26.3. The van der Waals surface area contributed by atoms with E-state index in [0.29, 0.717) is 31.6 Å². The van der Waals surface area contributed by atoms with Crippen LogP contribution in [0.1, 0.15) is 32.8 Å². The van der Waals surface area contributed by atoms with Crippen molar-refractivity contribution in [3.05, 3.63) is 23.9 Å². The molecule has 1 atom stereocenters. The van der Waals surface area contributed by atoms with E-state index in [9.17, 15) is 8.42 Å². The zero-order valence-corrected chi connectivity index (χ0v) is 13.2. The normalized spacial score (nSPS) is 20.7. The number of sulfonamides is 1. The highest BCUT2D eigenvalue weighted by atomic mass is 32.2. The summed E-state index contributed by atoms with van der Waals surface area (Å²) in [4.78, 5) is 4.13. The molecule has 1 aromatic heterocycles. The van der Waals surface area contributed by atoms with Crippen molar-refractivity contribution in [2.24, 2.45) is 5.92 Å². The van der Waals surface area contributed by atoms with Gasteiger partial charge in [-0.25, -0.2) is 13.4 Å². The standard InChI is InChI=1S/C14H23N3O2S/c1-11(2)15-8-13-4-5-14(16-9-13)20(18,19)17-7-6-12(3)10-17/h4-5,9,11-12,15H,6-8,10H2,1-3H3. The summed E-state index contributed by atoms with van der Waals surface area (Å²) >= 11 is 0. The van der Waals surface area contributed by atoms with Gasteiger partial charge in [0, 0.05) is 31.9 Å². The zero-order valence-electron chi connectivity index (χ0n) is 12.3. The second-order valence-electron chi connectivity index (χ2n) is 5.80. The van der Waals surface area contributed by atoms with Crippen LogP contribution in [0.15, 0.2) is 23.4 Å². The van der Waals surface area contributed by atoms with Crippen LogP contribution in [0.25, 0.3) is 0 Å². The fourth-order valence-electron chi connectivity index (χ4n) is 2.24. The second kappa shape index (κ2) is 6.20. The first-order valence-corrected chi connectivity index (χ1v) is 8.52. The van der Waals surface area contributed by atoms with Crippen molar-refractivity contribution in [3.63, 3.8) is 0 Å². The van der Waals surface area contributed by atoms with Gasteiger partial charge in [-0.3, -0.25) is 0 Å². The van der Waals surface area contributed by atoms with Crippen molar-refractivity contribution in [1.82, 2.24) is 14.6 Å². The highest BCUT2D eigenvalue weighted by molar-refractivity contribution is 7.89. The van der Waals surface area contributed by atoms with E-state index in [1.54, 1.807) is 12.3 Å². The Balaban J connectivity index is 2.09. The van der Waals surface area contributed by atoms with Crippen LogP contribution in [0, 0.1) is 5.92 Å². The molecule has 1 aliphatic heterocycles. The van der Waals surface area contributed by atoms with Crippen LogP contribution >= 0.6 is 0 Å². The van der Waals surface area contributed by atoms with Crippen LogP contribution < -0.4 is 5.32 Å². The van der Waals surface area contributed by atoms with Gasteiger partial charge in [0.1, 0.15) is 0 Å². The molecule has 0 bridgehead atoms. The highest BCUT2D eigenvalue weighted by Crippen LogP contribution is 2.22. The molecule has 1 N–H and O–H groups in total. The third kappa shape index (κ3) is 3.56. The van der Waals surface area contributed by atoms with Gasteiger partial charge in [0.15, 0.2) is 5.03 Å². The van der Waals surface area contributed by atoms with Gasteiger partial charge in [0.2, 0.25) is 0 Å². The molecule has 2 rings (SSSR count). The number of hydrogen-bond acceptors (Lipinski definition) is 4. The van der Waals surface area contributed by atoms with Crippen LogP contribution in [0.5, 0.6) is 0 Å². The lowest BCUT2D eigenvalue weighted by Gasteiger charge is -2.15. The molecule has 5 nitrogen and oxygen atoms in total. The Hall–Kier alpha value is -0.980. The molecule has 1 unspecified atom stereocenters. The van der Waals surface area contributed by atoms with E-state index in [2.05, 4.69) is 31.1 Å². The maximum Gasteiger partial charge on any atom is 0.260 e. The predicted molar refractivity (Wildman–Crippen MR) is 78.8 cm³/mol. The predicted octanol–water partition coefficient (Wildman–Crippen LogP) is 1.61.